The van der Waals surface area contributed by atoms with Gasteiger partial charge in [0.15, 0.2) is 5.78 Å². The number of Topliss-reactive ketones (excluding diaryl/α,β-unsaturated/α-hetero) is 1. The van der Waals surface area contributed by atoms with Crippen LogP contribution < -0.4 is 4.90 Å². The van der Waals surface area contributed by atoms with Gasteiger partial charge in [-0.3, -0.25) is 4.79 Å². The van der Waals surface area contributed by atoms with E-state index < -0.39 is 0 Å². The van der Waals surface area contributed by atoms with Crippen LogP contribution in [-0.4, -0.2) is 19.4 Å². The number of carbonyl (C=O) groups excluding carboxylic acids is 1. The van der Waals surface area contributed by atoms with Gasteiger partial charge in [0.1, 0.15) is 0 Å². The molecule has 17 heavy (non-hydrogen) atoms. The van der Waals surface area contributed by atoms with Gasteiger partial charge < -0.3 is 4.90 Å². The number of rotatable bonds is 1. The molecule has 1 heterocycles. The molecule has 1 aromatic rings. The fourth-order valence-corrected chi connectivity index (χ4v) is 2.39. The van der Waals surface area contributed by atoms with E-state index in [2.05, 4.69) is 50.9 Å². The number of ketones is 1. The van der Waals surface area contributed by atoms with E-state index in [1.54, 1.807) is 0 Å². The Morgan fingerprint density at radius 3 is 2.65 bits per heavy atom. The number of hydrogen-bond donors (Lipinski definition) is 0. The van der Waals surface area contributed by atoms with Gasteiger partial charge in [0.25, 0.3) is 0 Å². The first-order valence-corrected chi connectivity index (χ1v) is 6.24. The Morgan fingerprint density at radius 2 is 2.00 bits per heavy atom. The molecule has 2 nitrogen and oxygen atoms in total. The summed E-state index contributed by atoms with van der Waals surface area (Å²) >= 11 is 0. The van der Waals surface area contributed by atoms with Crippen LogP contribution in [0.4, 0.5) is 5.69 Å². The minimum absolute atomic E-state index is 0.262. The van der Waals surface area contributed by atoms with Crippen LogP contribution in [0, 0.1) is 5.41 Å². The Bertz CT molecular complexity index is 443. The Morgan fingerprint density at radius 1 is 1.29 bits per heavy atom. The van der Waals surface area contributed by atoms with Crippen LogP contribution in [0.2, 0.25) is 0 Å². The Balaban J connectivity index is 2.36. The van der Waals surface area contributed by atoms with Crippen molar-refractivity contribution in [1.82, 2.24) is 0 Å². The van der Waals surface area contributed by atoms with Crippen LogP contribution >= 0.6 is 0 Å². The number of carbonyl (C=O) groups is 1. The molecule has 0 aromatic heterocycles. The zero-order valence-corrected chi connectivity index (χ0v) is 11.2. The van der Waals surface area contributed by atoms with Gasteiger partial charge in [0, 0.05) is 31.3 Å². The zero-order valence-electron chi connectivity index (χ0n) is 11.2. The normalized spacial score (nSPS) is 16.0. The van der Waals surface area contributed by atoms with Crippen molar-refractivity contribution in [1.29, 1.82) is 0 Å². The maximum Gasteiger partial charge on any atom is 0.166 e. The largest absolute Gasteiger partial charge is 0.374 e. The van der Waals surface area contributed by atoms with Gasteiger partial charge in [0.05, 0.1) is 0 Å². The molecule has 1 aliphatic rings. The van der Waals surface area contributed by atoms with Crippen LogP contribution in [0.25, 0.3) is 0 Å². The van der Waals surface area contributed by atoms with Gasteiger partial charge in [-0.2, -0.15) is 0 Å². The molecule has 92 valence electrons. The third-order valence-corrected chi connectivity index (χ3v) is 3.18. The molecule has 0 saturated carbocycles. The Kier molecular flexibility index (Phi) is 2.98. The maximum absolute atomic E-state index is 11.9. The topological polar surface area (TPSA) is 20.3 Å². The smallest absolute Gasteiger partial charge is 0.166 e. The highest BCUT2D eigenvalue weighted by Crippen LogP contribution is 2.29. The van der Waals surface area contributed by atoms with Crippen LogP contribution in [0.3, 0.4) is 0 Å². The summed E-state index contributed by atoms with van der Waals surface area (Å²) in [6.45, 7) is 7.51. The molecule has 0 radical (unpaired) electrons. The number of fused-ring (bicyclic) bond motifs is 1. The summed E-state index contributed by atoms with van der Waals surface area (Å²) in [6.07, 6.45) is 1.65. The summed E-state index contributed by atoms with van der Waals surface area (Å²) in [4.78, 5) is 14.1. The second kappa shape index (κ2) is 4.17. The van der Waals surface area contributed by atoms with Gasteiger partial charge in [-0.1, -0.05) is 26.8 Å². The third-order valence-electron chi connectivity index (χ3n) is 3.18. The summed E-state index contributed by atoms with van der Waals surface area (Å²) in [5.74, 6) is 0.286. The fraction of sp³-hybridized carbons (Fsp3) is 0.533. The fourth-order valence-electron chi connectivity index (χ4n) is 2.39. The third kappa shape index (κ3) is 2.68. The molecular formula is C15H21NO. The van der Waals surface area contributed by atoms with Gasteiger partial charge in [-0.15, -0.1) is 0 Å². The Labute approximate surface area is 104 Å². The lowest BCUT2D eigenvalue weighted by atomic mass is 9.86. The Hall–Kier alpha value is -1.31. The van der Waals surface area contributed by atoms with E-state index >= 15 is 0 Å². The summed E-state index contributed by atoms with van der Waals surface area (Å²) in [6, 6.07) is 6.32. The summed E-state index contributed by atoms with van der Waals surface area (Å²) in [7, 11) is 2.05. The lowest BCUT2D eigenvalue weighted by Crippen LogP contribution is -2.28. The second-order valence-electron chi connectivity index (χ2n) is 6.18. The van der Waals surface area contributed by atoms with E-state index in [-0.39, 0.29) is 11.2 Å². The van der Waals surface area contributed by atoms with Crippen molar-refractivity contribution < 1.29 is 4.79 Å². The second-order valence-corrected chi connectivity index (χ2v) is 6.18. The van der Waals surface area contributed by atoms with Gasteiger partial charge in [-0.25, -0.2) is 0 Å². The van der Waals surface area contributed by atoms with Gasteiger partial charge in [-0.05, 0) is 29.5 Å². The van der Waals surface area contributed by atoms with Gasteiger partial charge >= 0.3 is 0 Å². The minimum atomic E-state index is 0.262. The summed E-state index contributed by atoms with van der Waals surface area (Å²) < 4.78 is 0. The van der Waals surface area contributed by atoms with Crippen molar-refractivity contribution in [2.45, 2.75) is 33.6 Å². The van der Waals surface area contributed by atoms with Crippen LogP contribution in [0.1, 0.15) is 43.1 Å². The zero-order chi connectivity index (χ0) is 12.6. The quantitative estimate of drug-likeness (QED) is 0.739. The highest BCUT2D eigenvalue weighted by atomic mass is 16.1. The molecule has 1 aromatic carbocycles. The minimum Gasteiger partial charge on any atom is -0.374 e. The van der Waals surface area contributed by atoms with Crippen LogP contribution in [0.5, 0.6) is 0 Å². The van der Waals surface area contributed by atoms with Crippen LogP contribution in [-0.2, 0) is 6.42 Å². The molecular weight excluding hydrogens is 210 g/mol. The van der Waals surface area contributed by atoms with E-state index in [4.69, 9.17) is 0 Å². The highest BCUT2D eigenvalue weighted by molar-refractivity contribution is 6.03. The van der Waals surface area contributed by atoms with E-state index in [1.165, 1.54) is 5.56 Å². The molecule has 1 aliphatic heterocycles. The average molecular weight is 231 g/mol. The number of benzene rings is 1. The van der Waals surface area contributed by atoms with E-state index in [9.17, 15) is 4.79 Å². The number of nitrogens with zero attached hydrogens (tertiary/aromatic N) is 1. The first-order valence-electron chi connectivity index (χ1n) is 6.24. The SMILES string of the molecule is CN1CCC(=O)c2cc(CC(C)(C)C)ccc21. The molecule has 0 saturated heterocycles. The van der Waals surface area contributed by atoms with E-state index in [1.807, 2.05) is 0 Å². The van der Waals surface area contributed by atoms with Crippen molar-refractivity contribution in [3.05, 3.63) is 29.3 Å². The molecule has 0 atom stereocenters. The van der Waals surface area contributed by atoms with Crippen molar-refractivity contribution in [3.8, 4) is 0 Å². The molecule has 0 unspecified atom stereocenters. The molecule has 0 spiro atoms. The standard InChI is InChI=1S/C15H21NO/c1-15(2,3)10-11-5-6-13-12(9-11)14(17)7-8-16(13)4/h5-6,9H,7-8,10H2,1-4H3. The van der Waals surface area contributed by atoms with Crippen molar-refractivity contribution in [3.63, 3.8) is 0 Å². The molecule has 0 fully saturated rings. The lowest BCUT2D eigenvalue weighted by molar-refractivity contribution is 0.0980. The first-order chi connectivity index (χ1) is 7.87. The molecule has 0 amide bonds. The molecule has 2 heteroatoms. The maximum atomic E-state index is 11.9. The van der Waals surface area contributed by atoms with Crippen LogP contribution in [0.15, 0.2) is 18.2 Å². The average Bonchev–Trinajstić information content (AvgIpc) is 2.21. The van der Waals surface area contributed by atoms with E-state index in [0.717, 1.165) is 24.2 Å². The van der Waals surface area contributed by atoms with Crippen molar-refractivity contribution >= 4 is 11.5 Å². The van der Waals surface area contributed by atoms with Crippen molar-refractivity contribution in [2.75, 3.05) is 18.5 Å². The molecule has 0 aliphatic carbocycles. The first kappa shape index (κ1) is 12.2. The lowest BCUT2D eigenvalue weighted by Gasteiger charge is -2.27. The summed E-state index contributed by atoms with van der Waals surface area (Å²) in [5, 5.41) is 0. The predicted octanol–water partition coefficient (Wildman–Crippen LogP) is 3.30. The molecule has 0 N–H and O–H groups in total. The number of hydrogen-bond acceptors (Lipinski definition) is 2. The molecule has 0 bridgehead atoms. The number of anilines is 1. The summed E-state index contributed by atoms with van der Waals surface area (Å²) in [5.41, 5.74) is 3.51. The van der Waals surface area contributed by atoms with Gasteiger partial charge in [0.2, 0.25) is 0 Å². The van der Waals surface area contributed by atoms with E-state index in [0.29, 0.717) is 6.42 Å². The monoisotopic (exact) mass is 231 g/mol. The van der Waals surface area contributed by atoms with Crippen molar-refractivity contribution in [2.24, 2.45) is 5.41 Å². The highest BCUT2D eigenvalue weighted by Gasteiger charge is 2.21. The predicted molar refractivity (Wildman–Crippen MR) is 71.8 cm³/mol. The molecule has 2 rings (SSSR count).